The van der Waals surface area contributed by atoms with Crippen molar-refractivity contribution in [2.45, 2.75) is 78.7 Å². The van der Waals surface area contributed by atoms with Gasteiger partial charge in [-0.25, -0.2) is 0 Å². The number of hydrogen-bond donors (Lipinski definition) is 0. The van der Waals surface area contributed by atoms with E-state index in [1.807, 2.05) is 0 Å². The molecule has 4 bridgehead atoms. The van der Waals surface area contributed by atoms with Gasteiger partial charge in [0.1, 0.15) is 11.4 Å². The van der Waals surface area contributed by atoms with Crippen LogP contribution in [0.4, 0.5) is 0 Å². The Morgan fingerprint density at radius 3 is 1.88 bits per heavy atom. The molecule has 1 aromatic carbocycles. The van der Waals surface area contributed by atoms with Gasteiger partial charge in [0.15, 0.2) is 0 Å². The van der Waals surface area contributed by atoms with E-state index < -0.39 is 0 Å². The Morgan fingerprint density at radius 1 is 0.800 bits per heavy atom. The van der Waals surface area contributed by atoms with Crippen LogP contribution in [0.15, 0.2) is 6.08 Å². The van der Waals surface area contributed by atoms with E-state index in [2.05, 4.69) is 46.8 Å². The quantitative estimate of drug-likeness (QED) is 0.584. The molecule has 1 heterocycles. The zero-order chi connectivity index (χ0) is 17.6. The summed E-state index contributed by atoms with van der Waals surface area (Å²) in [4.78, 5) is 0. The predicted octanol–water partition coefficient (Wildman–Crippen LogP) is 6.30. The topological polar surface area (TPSA) is 9.23 Å². The van der Waals surface area contributed by atoms with Gasteiger partial charge < -0.3 is 4.74 Å². The molecule has 1 aliphatic heterocycles. The molecule has 0 amide bonds. The average molecular weight is 337 g/mol. The molecule has 0 radical (unpaired) electrons. The van der Waals surface area contributed by atoms with Gasteiger partial charge in [-0.15, -0.1) is 0 Å². The Kier molecular flexibility index (Phi) is 3.15. The van der Waals surface area contributed by atoms with Crippen LogP contribution < -0.4 is 4.74 Å². The van der Waals surface area contributed by atoms with Crippen molar-refractivity contribution in [1.29, 1.82) is 0 Å². The lowest BCUT2D eigenvalue weighted by atomic mass is 9.45. The molecule has 134 valence electrons. The lowest BCUT2D eigenvalue weighted by molar-refractivity contribution is -0.138. The number of ether oxygens (including phenoxy) is 1. The largest absolute Gasteiger partial charge is 0.482 e. The van der Waals surface area contributed by atoms with E-state index in [4.69, 9.17) is 4.74 Å². The van der Waals surface area contributed by atoms with Crippen LogP contribution in [0.25, 0.3) is 6.08 Å². The first-order chi connectivity index (χ1) is 11.8. The van der Waals surface area contributed by atoms with Crippen LogP contribution in [0.2, 0.25) is 0 Å². The van der Waals surface area contributed by atoms with Gasteiger partial charge in [-0.1, -0.05) is 6.08 Å². The van der Waals surface area contributed by atoms with Crippen molar-refractivity contribution in [2.24, 2.45) is 23.2 Å². The van der Waals surface area contributed by atoms with Gasteiger partial charge >= 0.3 is 0 Å². The van der Waals surface area contributed by atoms with Crippen LogP contribution in [0.1, 0.15) is 73.3 Å². The summed E-state index contributed by atoms with van der Waals surface area (Å²) in [5, 5.41) is 0. The third-order valence-electron chi connectivity index (χ3n) is 8.65. The molecular weight excluding hydrogens is 304 g/mol. The zero-order valence-corrected chi connectivity index (χ0v) is 16.5. The van der Waals surface area contributed by atoms with Crippen molar-refractivity contribution in [3.05, 3.63) is 33.9 Å². The third kappa shape index (κ3) is 2.02. The predicted molar refractivity (Wildman–Crippen MR) is 104 cm³/mol. The average Bonchev–Trinajstić information content (AvgIpc) is 2.57. The Bertz CT molecular complexity index is 749. The molecule has 1 atom stereocenters. The summed E-state index contributed by atoms with van der Waals surface area (Å²) >= 11 is 0. The number of hydrogen-bond acceptors (Lipinski definition) is 1. The molecular formula is C24H32O. The molecule has 1 heteroatoms. The summed E-state index contributed by atoms with van der Waals surface area (Å²) in [6.07, 6.45) is 13.5. The first-order valence-corrected chi connectivity index (χ1v) is 10.3. The van der Waals surface area contributed by atoms with Crippen molar-refractivity contribution in [3.63, 3.8) is 0 Å². The normalized spacial score (nSPS) is 40.9. The monoisotopic (exact) mass is 336 g/mol. The second-order valence-electron chi connectivity index (χ2n) is 9.98. The highest BCUT2D eigenvalue weighted by Crippen LogP contribution is 2.65. The molecule has 0 N–H and O–H groups in total. The van der Waals surface area contributed by atoms with Gasteiger partial charge in [0, 0.05) is 11.0 Å². The number of benzene rings is 1. The van der Waals surface area contributed by atoms with Crippen molar-refractivity contribution < 1.29 is 4.74 Å². The zero-order valence-electron chi connectivity index (χ0n) is 16.5. The minimum Gasteiger partial charge on any atom is -0.482 e. The van der Waals surface area contributed by atoms with Gasteiger partial charge in [-0.2, -0.15) is 0 Å². The van der Waals surface area contributed by atoms with E-state index in [0.29, 0.717) is 5.41 Å². The fraction of sp³-hybridized carbons (Fsp3) is 0.667. The molecule has 25 heavy (non-hydrogen) atoms. The van der Waals surface area contributed by atoms with Crippen LogP contribution in [0.3, 0.4) is 0 Å². The van der Waals surface area contributed by atoms with E-state index in [-0.39, 0.29) is 5.60 Å². The maximum absolute atomic E-state index is 6.96. The molecule has 4 saturated carbocycles. The molecule has 1 unspecified atom stereocenters. The second-order valence-corrected chi connectivity index (χ2v) is 9.98. The lowest BCUT2D eigenvalue weighted by Crippen LogP contribution is -2.59. The van der Waals surface area contributed by atoms with Crippen molar-refractivity contribution >= 4 is 6.08 Å². The Labute approximate surface area is 152 Å². The fourth-order valence-electron chi connectivity index (χ4n) is 7.13. The summed E-state index contributed by atoms with van der Waals surface area (Å²) in [6.45, 7) is 11.4. The van der Waals surface area contributed by atoms with Gasteiger partial charge in [-0.05, 0) is 119 Å². The second kappa shape index (κ2) is 4.93. The molecule has 1 nitrogen and oxygen atoms in total. The highest BCUT2D eigenvalue weighted by atomic mass is 16.5. The summed E-state index contributed by atoms with van der Waals surface area (Å²) in [6, 6.07) is 0. The van der Waals surface area contributed by atoms with Crippen molar-refractivity contribution in [2.75, 3.05) is 0 Å². The third-order valence-corrected chi connectivity index (χ3v) is 8.65. The Balaban J connectivity index is 1.60. The smallest absolute Gasteiger partial charge is 0.131 e. The number of fused-ring (bicyclic) bond motifs is 1. The van der Waals surface area contributed by atoms with E-state index in [1.54, 1.807) is 0 Å². The van der Waals surface area contributed by atoms with Crippen LogP contribution in [0, 0.1) is 50.9 Å². The first-order valence-electron chi connectivity index (χ1n) is 10.3. The van der Waals surface area contributed by atoms with Crippen molar-refractivity contribution in [1.82, 2.24) is 0 Å². The van der Waals surface area contributed by atoms with Gasteiger partial charge in [0.2, 0.25) is 0 Å². The highest BCUT2D eigenvalue weighted by molar-refractivity contribution is 5.70. The van der Waals surface area contributed by atoms with Gasteiger partial charge in [-0.3, -0.25) is 0 Å². The van der Waals surface area contributed by atoms with E-state index >= 15 is 0 Å². The molecule has 0 aromatic heterocycles. The van der Waals surface area contributed by atoms with Crippen LogP contribution in [0.5, 0.6) is 5.75 Å². The maximum Gasteiger partial charge on any atom is 0.131 e. The standard InChI is InChI=1S/C24H32O/c1-14-15(2)17(4)22-21(16(14)3)6-7-23(5,25-22)24-11-18-8-19(12-24)10-20(9-18)13-24/h6-7,18-20H,8-13H2,1-5H3. The van der Waals surface area contributed by atoms with Gasteiger partial charge in [0.25, 0.3) is 0 Å². The Morgan fingerprint density at radius 2 is 1.32 bits per heavy atom. The first kappa shape index (κ1) is 16.0. The number of rotatable bonds is 1. The summed E-state index contributed by atoms with van der Waals surface area (Å²) in [7, 11) is 0. The minimum atomic E-state index is -0.130. The molecule has 1 aromatic rings. The van der Waals surface area contributed by atoms with Crippen LogP contribution in [-0.2, 0) is 0 Å². The van der Waals surface area contributed by atoms with E-state index in [0.717, 1.165) is 17.8 Å². The SMILES string of the molecule is Cc1c(C)c(C)c2c(c1C)C=CC(C)(C13CC4CC(CC(C4)C1)C3)O2. The molecule has 0 spiro atoms. The minimum absolute atomic E-state index is 0.130. The molecule has 5 aliphatic rings. The van der Waals surface area contributed by atoms with Crippen LogP contribution >= 0.6 is 0 Å². The van der Waals surface area contributed by atoms with E-state index in [9.17, 15) is 0 Å². The highest BCUT2D eigenvalue weighted by Gasteiger charge is 2.59. The summed E-state index contributed by atoms with van der Waals surface area (Å²) in [5.74, 6) is 4.05. The van der Waals surface area contributed by atoms with Crippen molar-refractivity contribution in [3.8, 4) is 5.75 Å². The summed E-state index contributed by atoms with van der Waals surface area (Å²) < 4.78 is 6.96. The lowest BCUT2D eigenvalue weighted by Gasteiger charge is -2.62. The molecule has 4 fully saturated rings. The van der Waals surface area contributed by atoms with Crippen LogP contribution in [-0.4, -0.2) is 5.60 Å². The van der Waals surface area contributed by atoms with E-state index in [1.165, 1.54) is 72.1 Å². The molecule has 6 rings (SSSR count). The summed E-state index contributed by atoms with van der Waals surface area (Å²) in [5.41, 5.74) is 7.12. The molecule has 4 aliphatic carbocycles. The molecule has 0 saturated heterocycles. The van der Waals surface area contributed by atoms with Gasteiger partial charge in [0.05, 0.1) is 0 Å². The maximum atomic E-state index is 6.96. The fourth-order valence-corrected chi connectivity index (χ4v) is 7.13. The Hall–Kier alpha value is -1.24.